The number of benzene rings is 1. The summed E-state index contributed by atoms with van der Waals surface area (Å²) in [4.78, 5) is 35.1. The lowest BCUT2D eigenvalue weighted by Gasteiger charge is -2.24. The maximum atomic E-state index is 13.0. The van der Waals surface area contributed by atoms with Gasteiger partial charge in [0.2, 0.25) is 5.91 Å². The van der Waals surface area contributed by atoms with Crippen LogP contribution >= 0.6 is 0 Å². The minimum Gasteiger partial charge on any atom is -0.508 e. The first-order chi connectivity index (χ1) is 18.0. The van der Waals surface area contributed by atoms with Crippen molar-refractivity contribution in [3.05, 3.63) is 77.9 Å². The number of methoxy groups -OCH3 is 1. The van der Waals surface area contributed by atoms with Gasteiger partial charge in [0.05, 0.1) is 24.7 Å². The molecule has 9 heteroatoms. The molecule has 0 unspecified atom stereocenters. The molecule has 4 aromatic rings. The average molecular weight is 500 g/mol. The van der Waals surface area contributed by atoms with Gasteiger partial charge in [0.25, 0.3) is 0 Å². The Morgan fingerprint density at radius 1 is 1.14 bits per heavy atom. The fourth-order valence-corrected chi connectivity index (χ4v) is 4.46. The van der Waals surface area contributed by atoms with Gasteiger partial charge >= 0.3 is 5.97 Å². The summed E-state index contributed by atoms with van der Waals surface area (Å²) < 4.78 is 6.94. The van der Waals surface area contributed by atoms with Crippen LogP contribution in [0, 0.1) is 5.92 Å². The number of nitrogens with zero attached hydrogens (tertiary/aromatic N) is 3. The van der Waals surface area contributed by atoms with Crippen LogP contribution in [-0.4, -0.2) is 38.6 Å². The summed E-state index contributed by atoms with van der Waals surface area (Å²) in [6.07, 6.45) is 6.73. The molecule has 5 rings (SSSR count). The van der Waals surface area contributed by atoms with E-state index in [1.807, 2.05) is 36.4 Å². The lowest BCUT2D eigenvalue weighted by Crippen LogP contribution is -2.29. The molecule has 0 spiro atoms. The molecule has 1 aliphatic carbocycles. The number of carbonyl (C=O) groups is 2. The normalized spacial score (nSPS) is 13.2. The second-order valence-corrected chi connectivity index (χ2v) is 9.17. The van der Waals surface area contributed by atoms with Crippen LogP contribution < -0.4 is 10.6 Å². The van der Waals surface area contributed by atoms with Gasteiger partial charge in [0, 0.05) is 42.7 Å². The number of esters is 1. The van der Waals surface area contributed by atoms with Gasteiger partial charge in [-0.25, -0.2) is 9.78 Å². The summed E-state index contributed by atoms with van der Waals surface area (Å²) in [6, 6.07) is 14.5. The number of nitrogens with one attached hydrogen (secondary N) is 2. The summed E-state index contributed by atoms with van der Waals surface area (Å²) in [5.41, 5.74) is 3.87. The second-order valence-electron chi connectivity index (χ2n) is 9.17. The molecule has 1 aromatic carbocycles. The molecule has 1 aliphatic rings. The molecular weight excluding hydrogens is 470 g/mol. The molecule has 0 radical (unpaired) electrons. The van der Waals surface area contributed by atoms with Crippen LogP contribution in [0.2, 0.25) is 0 Å². The molecule has 37 heavy (non-hydrogen) atoms. The van der Waals surface area contributed by atoms with Gasteiger partial charge < -0.3 is 25.0 Å². The topological polar surface area (TPSA) is 118 Å². The highest BCUT2D eigenvalue weighted by molar-refractivity contribution is 6.11. The maximum absolute atomic E-state index is 13.0. The number of amides is 1. The second kappa shape index (κ2) is 10.7. The number of hydrogen-bond donors (Lipinski definition) is 3. The van der Waals surface area contributed by atoms with Crippen LogP contribution in [0.5, 0.6) is 5.75 Å². The largest absolute Gasteiger partial charge is 0.508 e. The third-order valence-electron chi connectivity index (χ3n) is 6.75. The highest BCUT2D eigenvalue weighted by Crippen LogP contribution is 2.35. The number of aromatic hydroxyl groups is 1. The molecule has 3 N–H and O–H groups in total. The van der Waals surface area contributed by atoms with Crippen molar-refractivity contribution in [3.8, 4) is 5.75 Å². The summed E-state index contributed by atoms with van der Waals surface area (Å²) in [5.74, 6) is -0.480. The Morgan fingerprint density at radius 2 is 1.95 bits per heavy atom. The van der Waals surface area contributed by atoms with Crippen molar-refractivity contribution in [1.82, 2.24) is 14.5 Å². The van der Waals surface area contributed by atoms with Crippen LogP contribution in [0.4, 0.5) is 11.4 Å². The number of ether oxygens (including phenoxy) is 1. The molecule has 190 valence electrons. The first kappa shape index (κ1) is 24.3. The average Bonchev–Trinajstić information content (AvgIpc) is 3.18. The number of aryl methyl sites for hydroxylation is 2. The van der Waals surface area contributed by atoms with E-state index in [4.69, 9.17) is 4.74 Å². The van der Waals surface area contributed by atoms with Gasteiger partial charge in [-0.1, -0.05) is 24.6 Å². The molecule has 1 saturated carbocycles. The fourth-order valence-electron chi connectivity index (χ4n) is 4.46. The fraction of sp³-hybridized carbons (Fsp3) is 0.286. The predicted molar refractivity (Wildman–Crippen MR) is 140 cm³/mol. The number of carbonyl (C=O) groups excluding carboxylic acids is 2. The zero-order valence-corrected chi connectivity index (χ0v) is 20.6. The van der Waals surface area contributed by atoms with Crippen molar-refractivity contribution in [1.29, 1.82) is 0 Å². The quantitative estimate of drug-likeness (QED) is 0.290. The molecule has 0 aliphatic heterocycles. The van der Waals surface area contributed by atoms with Gasteiger partial charge in [-0.3, -0.25) is 9.78 Å². The van der Waals surface area contributed by atoms with Crippen molar-refractivity contribution in [2.24, 2.45) is 5.92 Å². The smallest absolute Gasteiger partial charge is 0.356 e. The Morgan fingerprint density at radius 3 is 2.62 bits per heavy atom. The van der Waals surface area contributed by atoms with Crippen LogP contribution in [0.3, 0.4) is 0 Å². The van der Waals surface area contributed by atoms with Crippen LogP contribution in [0.1, 0.15) is 41.0 Å². The van der Waals surface area contributed by atoms with E-state index in [1.54, 1.807) is 29.1 Å². The Balaban J connectivity index is 1.53. The van der Waals surface area contributed by atoms with Crippen LogP contribution in [-0.2, 0) is 29.0 Å². The molecular formula is C28H29N5O4. The van der Waals surface area contributed by atoms with E-state index in [-0.39, 0.29) is 23.3 Å². The number of phenols is 1. The van der Waals surface area contributed by atoms with E-state index in [0.29, 0.717) is 36.2 Å². The Kier molecular flexibility index (Phi) is 7.02. The Bertz CT molecular complexity index is 1410. The van der Waals surface area contributed by atoms with Gasteiger partial charge in [-0.05, 0) is 48.7 Å². The van der Waals surface area contributed by atoms with Gasteiger partial charge in [-0.15, -0.1) is 0 Å². The van der Waals surface area contributed by atoms with Crippen molar-refractivity contribution < 1.29 is 19.4 Å². The molecule has 1 amide bonds. The number of rotatable bonds is 9. The van der Waals surface area contributed by atoms with E-state index in [2.05, 4.69) is 20.6 Å². The van der Waals surface area contributed by atoms with Crippen molar-refractivity contribution >= 4 is 34.3 Å². The predicted octanol–water partition coefficient (Wildman–Crippen LogP) is 4.52. The number of phenolic OH excluding ortho intramolecular Hbond substituents is 1. The summed E-state index contributed by atoms with van der Waals surface area (Å²) in [7, 11) is 1.33. The molecule has 0 atom stereocenters. The van der Waals surface area contributed by atoms with E-state index >= 15 is 0 Å². The Hall–Kier alpha value is -4.40. The number of aromatic nitrogens is 3. The van der Waals surface area contributed by atoms with E-state index in [0.717, 1.165) is 36.2 Å². The van der Waals surface area contributed by atoms with Gasteiger partial charge in [-0.2, -0.15) is 0 Å². The number of anilines is 2. The van der Waals surface area contributed by atoms with Crippen molar-refractivity contribution in [2.45, 2.75) is 38.8 Å². The van der Waals surface area contributed by atoms with Crippen molar-refractivity contribution in [3.63, 3.8) is 0 Å². The van der Waals surface area contributed by atoms with Crippen LogP contribution in [0.15, 0.2) is 60.9 Å². The summed E-state index contributed by atoms with van der Waals surface area (Å²) >= 11 is 0. The van der Waals surface area contributed by atoms with E-state index in [1.165, 1.54) is 7.11 Å². The van der Waals surface area contributed by atoms with E-state index < -0.39 is 5.97 Å². The minimum atomic E-state index is -0.540. The Labute approximate surface area is 214 Å². The van der Waals surface area contributed by atoms with Gasteiger partial charge in [0.1, 0.15) is 11.4 Å². The molecule has 3 heterocycles. The molecule has 0 saturated heterocycles. The highest BCUT2D eigenvalue weighted by atomic mass is 16.5. The molecule has 0 bridgehead atoms. The number of pyridine rings is 2. The zero-order valence-electron chi connectivity index (χ0n) is 20.6. The monoisotopic (exact) mass is 499 g/mol. The van der Waals surface area contributed by atoms with Crippen molar-refractivity contribution in [2.75, 3.05) is 17.7 Å². The van der Waals surface area contributed by atoms with E-state index in [9.17, 15) is 14.7 Å². The zero-order chi connectivity index (χ0) is 25.8. The SMILES string of the molecule is COC(=O)c1c(NC(=O)C2CCC2)c2cc(NCc3ccc(O)cc3)cnc2n1CCc1ccccn1. The molecule has 3 aromatic heterocycles. The van der Waals surface area contributed by atoms with Crippen LogP contribution in [0.25, 0.3) is 11.0 Å². The number of fused-ring (bicyclic) bond motifs is 1. The molecule has 9 nitrogen and oxygen atoms in total. The third kappa shape index (κ3) is 5.25. The first-order valence-corrected chi connectivity index (χ1v) is 12.4. The number of hydrogen-bond acceptors (Lipinski definition) is 7. The minimum absolute atomic E-state index is 0.0545. The molecule has 1 fully saturated rings. The summed E-state index contributed by atoms with van der Waals surface area (Å²) in [6.45, 7) is 0.950. The summed E-state index contributed by atoms with van der Waals surface area (Å²) in [5, 5.41) is 16.5. The first-order valence-electron chi connectivity index (χ1n) is 12.4. The third-order valence-corrected chi connectivity index (χ3v) is 6.75. The maximum Gasteiger partial charge on any atom is 0.356 e. The lowest BCUT2D eigenvalue weighted by atomic mass is 9.85. The standard InChI is InChI=1S/C28H29N5O4/c1-37-28(36)25-24(32-27(35)19-5-4-6-19)23-15-21(30-16-18-8-10-22(34)11-9-18)17-31-26(23)33(25)14-12-20-7-2-3-13-29-20/h2-3,7-11,13,15,17,19,30,34H,4-6,12,14,16H2,1H3,(H,32,35). The lowest BCUT2D eigenvalue weighted by molar-refractivity contribution is -0.122. The van der Waals surface area contributed by atoms with Gasteiger partial charge in [0.15, 0.2) is 5.69 Å². The highest BCUT2D eigenvalue weighted by Gasteiger charge is 2.30.